The number of nitrogens with two attached hydrogens (primary N) is 4. The molecule has 16 nitrogen and oxygen atoms in total. The summed E-state index contributed by atoms with van der Waals surface area (Å²) < 4.78 is 0. The molecule has 0 rings (SSSR count). The molecular weight excluding hydrogens is 456 g/mol. The van der Waals surface area contributed by atoms with Gasteiger partial charge in [0.25, 0.3) is 0 Å². The van der Waals surface area contributed by atoms with Gasteiger partial charge in [-0.15, -0.1) is 0 Å². The summed E-state index contributed by atoms with van der Waals surface area (Å²) in [4.78, 5) is 73.9. The fraction of sp³-hybridized carbons (Fsp3) is 0.611. The zero-order valence-electron chi connectivity index (χ0n) is 18.7. The van der Waals surface area contributed by atoms with Gasteiger partial charge in [0.15, 0.2) is 5.96 Å². The molecule has 0 heterocycles. The Labute approximate surface area is 194 Å². The van der Waals surface area contributed by atoms with E-state index < -0.39 is 72.6 Å². The molecule has 13 N–H and O–H groups in total. The minimum atomic E-state index is -1.61. The maximum atomic E-state index is 12.6. The van der Waals surface area contributed by atoms with Crippen LogP contribution in [0, 0.1) is 0 Å². The highest BCUT2D eigenvalue weighted by Crippen LogP contribution is 2.03. The molecule has 4 amide bonds. The van der Waals surface area contributed by atoms with Crippen molar-refractivity contribution in [2.45, 2.75) is 63.2 Å². The number of aliphatic imine (C=N–C) groups is 1. The van der Waals surface area contributed by atoms with Crippen LogP contribution in [-0.4, -0.2) is 82.5 Å². The summed E-state index contributed by atoms with van der Waals surface area (Å²) in [6.07, 6.45) is -0.906. The van der Waals surface area contributed by atoms with E-state index in [1.807, 2.05) is 0 Å². The van der Waals surface area contributed by atoms with Gasteiger partial charge in [-0.1, -0.05) is 0 Å². The number of rotatable bonds is 16. The van der Waals surface area contributed by atoms with E-state index in [9.17, 15) is 28.8 Å². The van der Waals surface area contributed by atoms with E-state index in [0.717, 1.165) is 0 Å². The van der Waals surface area contributed by atoms with Gasteiger partial charge in [-0.3, -0.25) is 29.0 Å². The van der Waals surface area contributed by atoms with Crippen LogP contribution in [-0.2, 0) is 28.8 Å². The minimum absolute atomic E-state index is 0.120. The van der Waals surface area contributed by atoms with Gasteiger partial charge in [-0.2, -0.15) is 0 Å². The minimum Gasteiger partial charge on any atom is -0.481 e. The standard InChI is InChI=1S/C18H32N8O8/c1-8(14(30)26-11(17(33)34)7-12(20)27)24-16(32)10(4-5-13(28)29)25-15(31)9(19)3-2-6-23-18(21)22/h8-11H,2-7,19H2,1H3,(H2,20,27)(H,24,32)(H,25,31)(H,26,30)(H,28,29)(H,33,34)(H4,21,22,23). The van der Waals surface area contributed by atoms with E-state index >= 15 is 0 Å². The molecule has 0 saturated heterocycles. The molecule has 0 saturated carbocycles. The first-order valence-corrected chi connectivity index (χ1v) is 10.2. The lowest BCUT2D eigenvalue weighted by molar-refractivity contribution is -0.143. The number of carboxylic acids is 2. The Bertz CT molecular complexity index is 799. The summed E-state index contributed by atoms with van der Waals surface area (Å²) in [5.74, 6) is -6.39. The molecule has 4 atom stereocenters. The molecule has 34 heavy (non-hydrogen) atoms. The summed E-state index contributed by atoms with van der Waals surface area (Å²) in [5, 5.41) is 24.6. The Morgan fingerprint density at radius 1 is 0.853 bits per heavy atom. The van der Waals surface area contributed by atoms with Crippen molar-refractivity contribution in [3.8, 4) is 0 Å². The lowest BCUT2D eigenvalue weighted by Crippen LogP contribution is -2.56. The van der Waals surface area contributed by atoms with E-state index in [-0.39, 0.29) is 25.3 Å². The molecule has 4 unspecified atom stereocenters. The zero-order chi connectivity index (χ0) is 26.4. The third-order valence-corrected chi connectivity index (χ3v) is 4.36. The first-order chi connectivity index (χ1) is 15.7. The van der Waals surface area contributed by atoms with Crippen LogP contribution < -0.4 is 38.9 Å². The molecule has 0 fully saturated rings. The van der Waals surface area contributed by atoms with Crippen molar-refractivity contribution < 1.29 is 39.0 Å². The number of guanidine groups is 1. The predicted octanol–water partition coefficient (Wildman–Crippen LogP) is -4.33. The average molecular weight is 489 g/mol. The fourth-order valence-electron chi connectivity index (χ4n) is 2.54. The number of carbonyl (C=O) groups excluding carboxylic acids is 4. The summed E-state index contributed by atoms with van der Waals surface area (Å²) in [6.45, 7) is 1.45. The molecule has 0 radical (unpaired) electrons. The SMILES string of the molecule is CC(NC(=O)C(CCC(=O)O)NC(=O)C(N)CCCN=C(N)N)C(=O)NC(CC(N)=O)C(=O)O. The highest BCUT2D eigenvalue weighted by atomic mass is 16.4. The predicted molar refractivity (Wildman–Crippen MR) is 118 cm³/mol. The van der Waals surface area contributed by atoms with Crippen molar-refractivity contribution in [1.29, 1.82) is 0 Å². The van der Waals surface area contributed by atoms with Gasteiger partial charge in [0, 0.05) is 13.0 Å². The molecule has 0 bridgehead atoms. The number of nitrogens with zero attached hydrogens (tertiary/aromatic N) is 1. The van der Waals surface area contributed by atoms with Gasteiger partial charge in [0.2, 0.25) is 23.6 Å². The number of primary amides is 1. The first kappa shape index (κ1) is 30.1. The lowest BCUT2D eigenvalue weighted by Gasteiger charge is -2.23. The molecule has 16 heteroatoms. The monoisotopic (exact) mass is 488 g/mol. The fourth-order valence-corrected chi connectivity index (χ4v) is 2.54. The van der Waals surface area contributed by atoms with Gasteiger partial charge < -0.3 is 49.1 Å². The molecular formula is C18H32N8O8. The number of nitrogens with one attached hydrogen (secondary N) is 3. The number of aliphatic carboxylic acids is 2. The molecule has 0 aliphatic heterocycles. The number of hydrogen-bond donors (Lipinski definition) is 9. The summed E-state index contributed by atoms with van der Waals surface area (Å²) >= 11 is 0. The van der Waals surface area contributed by atoms with E-state index in [2.05, 4.69) is 20.9 Å². The third kappa shape index (κ3) is 12.8. The van der Waals surface area contributed by atoms with Crippen LogP contribution in [0.4, 0.5) is 0 Å². The largest absolute Gasteiger partial charge is 0.481 e. The Morgan fingerprint density at radius 2 is 1.44 bits per heavy atom. The normalized spacial score (nSPS) is 13.9. The van der Waals surface area contributed by atoms with Crippen molar-refractivity contribution in [3.05, 3.63) is 0 Å². The zero-order valence-corrected chi connectivity index (χ0v) is 18.7. The van der Waals surface area contributed by atoms with Crippen LogP contribution in [0.25, 0.3) is 0 Å². The molecule has 0 spiro atoms. The topological polar surface area (TPSA) is 295 Å². The number of carboxylic acid groups (broad SMARTS) is 2. The Hall–Kier alpha value is -3.95. The second kappa shape index (κ2) is 15.0. The van der Waals surface area contributed by atoms with Gasteiger partial charge in [0.05, 0.1) is 12.5 Å². The molecule has 192 valence electrons. The van der Waals surface area contributed by atoms with Crippen LogP contribution in [0.2, 0.25) is 0 Å². The van der Waals surface area contributed by atoms with E-state index in [1.165, 1.54) is 6.92 Å². The highest BCUT2D eigenvalue weighted by molar-refractivity contribution is 5.94. The molecule has 0 aromatic heterocycles. The smallest absolute Gasteiger partial charge is 0.326 e. The highest BCUT2D eigenvalue weighted by Gasteiger charge is 2.29. The van der Waals surface area contributed by atoms with Crippen molar-refractivity contribution in [3.63, 3.8) is 0 Å². The first-order valence-electron chi connectivity index (χ1n) is 10.2. The summed E-state index contributed by atoms with van der Waals surface area (Å²) in [7, 11) is 0. The van der Waals surface area contributed by atoms with Crippen LogP contribution >= 0.6 is 0 Å². The summed E-state index contributed by atoms with van der Waals surface area (Å²) in [5.41, 5.74) is 21.1. The maximum absolute atomic E-state index is 12.6. The Morgan fingerprint density at radius 3 is 1.94 bits per heavy atom. The van der Waals surface area contributed by atoms with Crippen LogP contribution in [0.3, 0.4) is 0 Å². The number of amides is 4. The van der Waals surface area contributed by atoms with E-state index in [4.69, 9.17) is 33.1 Å². The maximum Gasteiger partial charge on any atom is 0.326 e. The summed E-state index contributed by atoms with van der Waals surface area (Å²) in [6, 6.07) is -5.28. The second-order valence-electron chi connectivity index (χ2n) is 7.35. The quantitative estimate of drug-likeness (QED) is 0.0568. The van der Waals surface area contributed by atoms with Gasteiger partial charge >= 0.3 is 11.9 Å². The molecule has 0 aliphatic rings. The van der Waals surface area contributed by atoms with Crippen molar-refractivity contribution >= 4 is 41.5 Å². The number of carbonyl (C=O) groups is 6. The Kier molecular flexibility index (Phi) is 13.2. The molecule has 0 aromatic carbocycles. The second-order valence-corrected chi connectivity index (χ2v) is 7.35. The van der Waals surface area contributed by atoms with Crippen molar-refractivity contribution in [2.75, 3.05) is 6.54 Å². The molecule has 0 aromatic rings. The van der Waals surface area contributed by atoms with E-state index in [1.54, 1.807) is 0 Å². The van der Waals surface area contributed by atoms with Crippen LogP contribution in [0.1, 0.15) is 39.0 Å². The number of hydrogen-bond acceptors (Lipinski definition) is 8. The van der Waals surface area contributed by atoms with Crippen molar-refractivity contribution in [2.24, 2.45) is 27.9 Å². The van der Waals surface area contributed by atoms with Gasteiger partial charge in [0.1, 0.15) is 18.1 Å². The Balaban J connectivity index is 5.10. The van der Waals surface area contributed by atoms with Crippen LogP contribution in [0.5, 0.6) is 0 Å². The van der Waals surface area contributed by atoms with Gasteiger partial charge in [-0.25, -0.2) is 4.79 Å². The van der Waals surface area contributed by atoms with Crippen molar-refractivity contribution in [1.82, 2.24) is 16.0 Å². The van der Waals surface area contributed by atoms with E-state index in [0.29, 0.717) is 6.42 Å². The average Bonchev–Trinajstić information content (AvgIpc) is 2.72. The van der Waals surface area contributed by atoms with Gasteiger partial charge in [-0.05, 0) is 26.2 Å². The molecule has 0 aliphatic carbocycles. The third-order valence-electron chi connectivity index (χ3n) is 4.36. The van der Waals surface area contributed by atoms with Crippen LogP contribution in [0.15, 0.2) is 4.99 Å². The lowest BCUT2D eigenvalue weighted by atomic mass is 10.1.